The zero-order valence-corrected chi connectivity index (χ0v) is 81.0. The molecule has 1 aliphatic carbocycles. The van der Waals surface area contributed by atoms with E-state index in [4.69, 9.17) is 136 Å². The smallest absolute Gasteiger partial charge is 1.00 e. The van der Waals surface area contributed by atoms with Crippen molar-refractivity contribution in [2.75, 3.05) is 68.3 Å². The zero-order chi connectivity index (χ0) is 84.7. The van der Waals surface area contributed by atoms with Crippen molar-refractivity contribution >= 4 is 223 Å². The number of methoxy groups -OCH3 is 8. The van der Waals surface area contributed by atoms with Crippen LogP contribution in [0.15, 0.2) is 200 Å². The minimum Gasteiger partial charge on any atom is -1.00 e. The molecule has 2 unspecified atom stereocenters. The van der Waals surface area contributed by atoms with Gasteiger partial charge in [-0.15, -0.1) is 0 Å². The molecule has 8 aromatic carbocycles. The van der Waals surface area contributed by atoms with Gasteiger partial charge in [0.1, 0.15) is 89.3 Å². The maximum atomic E-state index is 11.0. The number of allylic oxidation sites excluding steroid dienone is 6. The Morgan fingerprint density at radius 2 is 0.763 bits per heavy atom. The second-order valence-corrected chi connectivity index (χ2v) is 34.6. The topological polar surface area (TPSA) is 400 Å². The van der Waals surface area contributed by atoms with Gasteiger partial charge in [0.2, 0.25) is 34.4 Å². The fourth-order valence-electron chi connectivity index (χ4n) is 11.8. The Morgan fingerprint density at radius 3 is 1.13 bits per heavy atom. The first kappa shape index (κ1) is 101. The summed E-state index contributed by atoms with van der Waals surface area (Å²) in [6.45, 7) is 0. The number of ether oxygens (including phenoxy) is 10. The summed E-state index contributed by atoms with van der Waals surface area (Å²) >= 11 is 49.6. The summed E-state index contributed by atoms with van der Waals surface area (Å²) in [6, 6.07) is 44.6. The molecule has 13 rings (SSSR count). The van der Waals surface area contributed by atoms with Crippen molar-refractivity contribution < 1.29 is 114 Å². The van der Waals surface area contributed by atoms with Gasteiger partial charge in [-0.05, 0) is 183 Å². The van der Waals surface area contributed by atoms with Crippen LogP contribution >= 0.6 is 170 Å². The first-order valence-corrected chi connectivity index (χ1v) is 42.8. The summed E-state index contributed by atoms with van der Waals surface area (Å²) in [5.41, 5.74) is 32.1. The Morgan fingerprint density at radius 1 is 0.449 bits per heavy atom. The third-order valence-electron chi connectivity index (χ3n) is 16.7. The van der Waals surface area contributed by atoms with Gasteiger partial charge >= 0.3 is 69.1 Å². The average Bonchev–Trinajstić information content (AvgIpc) is 0.764. The van der Waals surface area contributed by atoms with Gasteiger partial charge in [-0.3, -0.25) is 25.1 Å². The van der Waals surface area contributed by atoms with E-state index in [-0.39, 0.29) is 85.4 Å². The minimum absolute atomic E-state index is 0. The number of carbonyl (C=O) groups is 2. The van der Waals surface area contributed by atoms with Crippen LogP contribution in [-0.2, 0) is 20.9 Å². The van der Waals surface area contributed by atoms with Crippen LogP contribution in [0.2, 0.25) is 0 Å². The van der Waals surface area contributed by atoms with Gasteiger partial charge < -0.3 is 80.6 Å². The maximum Gasteiger partial charge on any atom is 1.00 e. The van der Waals surface area contributed by atoms with Gasteiger partial charge in [0, 0.05) is 75.3 Å². The fourth-order valence-corrected chi connectivity index (χ4v) is 15.7. The van der Waals surface area contributed by atoms with Crippen molar-refractivity contribution in [1.29, 1.82) is 31.9 Å². The van der Waals surface area contributed by atoms with Crippen molar-refractivity contribution in [2.45, 2.75) is 11.8 Å². The molecule has 40 heteroatoms. The first-order valence-electron chi connectivity index (χ1n) is 31.9. The molecule has 3 aliphatic rings. The van der Waals surface area contributed by atoms with Gasteiger partial charge in [0.15, 0.2) is 46.0 Å². The molecular formula is C78H60BBr8Cl4CuFN10NaO14. The maximum absolute atomic E-state index is 11.0. The van der Waals surface area contributed by atoms with Crippen molar-refractivity contribution in [3.8, 4) is 104 Å². The van der Waals surface area contributed by atoms with Gasteiger partial charge in [-0.25, -0.2) is 0 Å². The zero-order valence-electron chi connectivity index (χ0n) is 63.3. The molecule has 0 saturated carbocycles. The molecule has 0 spiro atoms. The van der Waals surface area contributed by atoms with E-state index in [1.807, 2.05) is 72.8 Å². The summed E-state index contributed by atoms with van der Waals surface area (Å²) in [6.07, 6.45) is 0. The van der Waals surface area contributed by atoms with Crippen LogP contribution in [-0.4, -0.2) is 76.9 Å². The number of Topliss-reactive ketones (excluding diaryl/α,β-unsaturated/α-hetero) is 2. The average molecular weight is 2260 g/mol. The van der Waals surface area contributed by atoms with Crippen molar-refractivity contribution in [3.05, 3.63) is 236 Å². The standard InChI is InChI=1S/C18H14Br2N2O3.C18H12Br2N2O3.C18H16BrN3O3.C18H14BrN3O3.C6Cl4O2.B.2BrH.Cu.FH.Na.H2.H/c2*1-23-15-6-9(5-13(20)17(15)24-2)16-11-4-3-10(19)7-14(11)25-18(22)12(16)8-21;2*1-23-15-6-9(5-13(19)17(15)24-2)16-11-4-3-10(21)7-14(11)25-18(22)12(16)8-20;7-1-2(8)6(12)4(10)3(9)5(1)11;;;;;;;;/h3-7,16H,22H2,1-2H3;3-7,22H,1-2H3;3-7,16H,21-22H2,1-2H3;3-7,22H,21H2,1-2H3;;;2*1H;;1H;;1H;/q;;;;;;;;+2;;+1;;-1/p-2/i;;;;;;;;;;;1+2;. The summed E-state index contributed by atoms with van der Waals surface area (Å²) in [7, 11) is 12.4. The molecule has 4 heterocycles. The second-order valence-electron chi connectivity index (χ2n) is 23.1. The van der Waals surface area contributed by atoms with E-state index in [0.29, 0.717) is 127 Å². The quantitative estimate of drug-likeness (QED) is 0.0376. The van der Waals surface area contributed by atoms with Crippen molar-refractivity contribution in [3.63, 3.8) is 0 Å². The molecule has 0 saturated heterocycles. The number of nitrogens with one attached hydrogen (secondary N) is 2. The van der Waals surface area contributed by atoms with Gasteiger partial charge in [0.25, 0.3) is 0 Å². The molecular weight excluding hydrogens is 2200 g/mol. The van der Waals surface area contributed by atoms with E-state index >= 15 is 0 Å². The third-order valence-corrected chi connectivity index (χ3v) is 21.7. The molecule has 2 aromatic heterocycles. The SMILES string of the molecule is COc1cc(-c2c(C#N)c(=N)oc3cc(Br)ccc23)cc(Br)c1OC.COc1cc(-c2c(C#N)c(=N)oc3cc(N)ccc23)cc(Br)c1OC.COc1cc(C2C(C#N)=C(N)Oc3cc(Br)ccc32)cc(Br)c1OC.COc1cc(C2C(C#N)=C(N)Oc3cc(N)ccc32)cc(Br)c1OC.F.O=C1C(Cl)=C(Cl)C(=O)C(Cl)=C1Cl.[3HH].[B].[Br][Cu][Br].[H-].[Na+]. The molecule has 0 amide bonds. The Kier molecular flexibility index (Phi) is 39.0. The largest absolute Gasteiger partial charge is 1.00 e. The Balaban J connectivity index is 0.000000386. The van der Waals surface area contributed by atoms with Crippen molar-refractivity contribution in [2.24, 2.45) is 11.5 Å². The fraction of sp³-hybridized carbons (Fsp3) is 0.128. The second kappa shape index (κ2) is 45.7. The van der Waals surface area contributed by atoms with Crippen LogP contribution in [0, 0.1) is 56.1 Å². The Bertz CT molecular complexity index is 5680. The van der Waals surface area contributed by atoms with E-state index in [1.165, 1.54) is 18.5 Å². The molecule has 10 aromatic rings. The number of anilines is 2. The molecule has 24 nitrogen and oxygen atoms in total. The number of nitriles is 4. The number of nitrogens with zero attached hydrogens (tertiary/aromatic N) is 4. The molecule has 0 fully saturated rings. The van der Waals surface area contributed by atoms with Crippen LogP contribution in [0.1, 0.15) is 48.1 Å². The number of nitrogens with two attached hydrogens (primary N) is 4. The van der Waals surface area contributed by atoms with Crippen LogP contribution in [0.3, 0.4) is 0 Å². The monoisotopic (exact) mass is 2250 g/mol. The summed E-state index contributed by atoms with van der Waals surface area (Å²) in [5, 5.41) is 54.3. The number of rotatable bonds is 12. The van der Waals surface area contributed by atoms with Gasteiger partial charge in [-0.1, -0.05) is 90.4 Å². The number of fused-ring (bicyclic) bond motifs is 4. The molecule has 3 radical (unpaired) electrons. The van der Waals surface area contributed by atoms with Crippen molar-refractivity contribution in [1.82, 2.24) is 0 Å². The summed E-state index contributed by atoms with van der Waals surface area (Å²) in [5.74, 6) is 3.50. The van der Waals surface area contributed by atoms with E-state index < -0.39 is 37.6 Å². The van der Waals surface area contributed by atoms with E-state index in [9.17, 15) is 30.6 Å². The predicted octanol–water partition coefficient (Wildman–Crippen LogP) is 17.9. The predicted molar refractivity (Wildman–Crippen MR) is 473 cm³/mol. The molecule has 2 aliphatic heterocycles. The number of hydrogen-bond donors (Lipinski definition) is 6. The molecule has 0 bridgehead atoms. The normalized spacial score (nSPS) is 13.3. The van der Waals surface area contributed by atoms with Gasteiger partial charge in [0.05, 0.1) is 86.6 Å². The van der Waals surface area contributed by atoms with Crippen LogP contribution in [0.4, 0.5) is 16.1 Å². The molecule has 118 heavy (non-hydrogen) atoms. The molecule has 612 valence electrons. The Labute approximate surface area is 792 Å². The number of carbonyl (C=O) groups excluding carboxylic acids is 2. The Hall–Kier alpha value is -7.85. The number of hydrogen-bond acceptors (Lipinski definition) is 24. The van der Waals surface area contributed by atoms with Crippen LogP contribution in [0.5, 0.6) is 57.5 Å². The number of ketones is 2. The van der Waals surface area contributed by atoms with Gasteiger partial charge in [-0.2, -0.15) is 21.0 Å². The molecule has 10 N–H and O–H groups in total. The number of halogens is 13. The summed E-state index contributed by atoms with van der Waals surface area (Å²) < 4.78 is 69.7. The number of nitrogen functional groups attached to an aromatic ring is 2. The number of benzene rings is 8. The third kappa shape index (κ3) is 22.3. The first-order chi connectivity index (χ1) is 54.9. The van der Waals surface area contributed by atoms with E-state index in [1.54, 1.807) is 98.3 Å². The van der Waals surface area contributed by atoms with Crippen LogP contribution in [0.25, 0.3) is 44.2 Å². The van der Waals surface area contributed by atoms with E-state index in [0.717, 1.165) is 46.6 Å². The summed E-state index contributed by atoms with van der Waals surface area (Å²) in [4.78, 5) is 22.0. The van der Waals surface area contributed by atoms with Crippen LogP contribution < -0.4 is 111 Å². The van der Waals surface area contributed by atoms with E-state index in [2.05, 4.69) is 148 Å². The molecule has 2 atom stereocenters. The minimum atomic E-state index is -0.729.